The molecule has 1 aromatic carbocycles. The predicted molar refractivity (Wildman–Crippen MR) is 60.7 cm³/mol. The van der Waals surface area contributed by atoms with Crippen LogP contribution in [0, 0.1) is 0 Å². The summed E-state index contributed by atoms with van der Waals surface area (Å²) in [6, 6.07) is 1.38. The van der Waals surface area contributed by atoms with E-state index in [4.69, 9.17) is 15.3 Å². The van der Waals surface area contributed by atoms with Gasteiger partial charge < -0.3 is 20.6 Å². The summed E-state index contributed by atoms with van der Waals surface area (Å²) in [7, 11) is 1.24. The van der Waals surface area contributed by atoms with Gasteiger partial charge in [0, 0.05) is 7.05 Å². The van der Waals surface area contributed by atoms with Crippen molar-refractivity contribution in [3.63, 3.8) is 0 Å². The average molecular weight is 267 g/mol. The van der Waals surface area contributed by atoms with Crippen molar-refractivity contribution in [1.82, 2.24) is 5.32 Å². The van der Waals surface area contributed by atoms with Crippen LogP contribution in [0.4, 0.5) is 0 Å². The van der Waals surface area contributed by atoms with E-state index in [2.05, 4.69) is 5.32 Å². The van der Waals surface area contributed by atoms with Crippen LogP contribution in [0.1, 0.15) is 41.4 Å². The topological polar surface area (TPSA) is 141 Å². The van der Waals surface area contributed by atoms with E-state index in [0.717, 1.165) is 6.07 Å². The van der Waals surface area contributed by atoms with E-state index in [-0.39, 0.29) is 0 Å². The number of rotatable bonds is 4. The number of carboxylic acids is 3. The van der Waals surface area contributed by atoms with E-state index in [1.54, 1.807) is 0 Å². The van der Waals surface area contributed by atoms with Gasteiger partial charge in [-0.25, -0.2) is 14.4 Å². The Morgan fingerprint density at radius 3 is 1.42 bits per heavy atom. The molecule has 1 rings (SSSR count). The molecule has 1 aromatic rings. The molecule has 0 aliphatic rings. The molecule has 0 radical (unpaired) electrons. The molecule has 8 heteroatoms. The Labute approximate surface area is 106 Å². The first-order valence-electron chi connectivity index (χ1n) is 4.89. The molecule has 8 nitrogen and oxygen atoms in total. The Balaban J connectivity index is 3.69. The van der Waals surface area contributed by atoms with Gasteiger partial charge in [0.25, 0.3) is 5.91 Å². The molecule has 0 aliphatic carbocycles. The third kappa shape index (κ3) is 2.68. The molecule has 0 bridgehead atoms. The molecule has 19 heavy (non-hydrogen) atoms. The quantitative estimate of drug-likeness (QED) is 0.607. The Morgan fingerprint density at radius 1 is 0.789 bits per heavy atom. The highest BCUT2D eigenvalue weighted by Crippen LogP contribution is 2.18. The fraction of sp³-hybridized carbons (Fsp3) is 0.0909. The van der Waals surface area contributed by atoms with Gasteiger partial charge in [-0.05, 0) is 12.1 Å². The summed E-state index contributed by atoms with van der Waals surface area (Å²) in [5.74, 6) is -5.52. The Kier molecular flexibility index (Phi) is 3.85. The van der Waals surface area contributed by atoms with Crippen molar-refractivity contribution in [2.75, 3.05) is 7.05 Å². The molecule has 0 unspecified atom stereocenters. The average Bonchev–Trinajstić information content (AvgIpc) is 2.35. The highest BCUT2D eigenvalue weighted by atomic mass is 16.4. The number of aromatic carboxylic acids is 3. The number of benzene rings is 1. The van der Waals surface area contributed by atoms with Crippen LogP contribution >= 0.6 is 0 Å². The highest BCUT2D eigenvalue weighted by molar-refractivity contribution is 6.10. The van der Waals surface area contributed by atoms with Gasteiger partial charge in [-0.15, -0.1) is 0 Å². The Bertz CT molecular complexity index is 591. The van der Waals surface area contributed by atoms with Crippen LogP contribution in [-0.2, 0) is 0 Å². The molecular weight excluding hydrogens is 258 g/mol. The summed E-state index contributed by atoms with van der Waals surface area (Å²) in [5.41, 5.74) is -2.35. The number of hydrogen-bond acceptors (Lipinski definition) is 4. The first-order valence-corrected chi connectivity index (χ1v) is 4.89. The molecule has 0 fully saturated rings. The second-order valence-electron chi connectivity index (χ2n) is 3.44. The number of carbonyl (C=O) groups is 4. The van der Waals surface area contributed by atoms with E-state index in [9.17, 15) is 19.2 Å². The summed E-state index contributed by atoms with van der Waals surface area (Å²) in [6.07, 6.45) is 0. The van der Waals surface area contributed by atoms with Crippen molar-refractivity contribution < 1.29 is 34.5 Å². The molecule has 0 atom stereocenters. The number of carboxylic acid groups (broad SMARTS) is 3. The van der Waals surface area contributed by atoms with Crippen LogP contribution in [0.25, 0.3) is 0 Å². The van der Waals surface area contributed by atoms with Gasteiger partial charge in [-0.2, -0.15) is 0 Å². The van der Waals surface area contributed by atoms with Crippen molar-refractivity contribution in [2.24, 2.45) is 0 Å². The summed E-state index contributed by atoms with van der Waals surface area (Å²) >= 11 is 0. The molecular formula is C11H9NO7. The van der Waals surface area contributed by atoms with Crippen LogP contribution in [0.15, 0.2) is 12.1 Å². The molecule has 0 aromatic heterocycles. The Hall–Kier alpha value is -2.90. The van der Waals surface area contributed by atoms with Gasteiger partial charge in [-0.3, -0.25) is 4.79 Å². The van der Waals surface area contributed by atoms with E-state index in [1.807, 2.05) is 0 Å². The number of carbonyl (C=O) groups excluding carboxylic acids is 1. The second-order valence-corrected chi connectivity index (χ2v) is 3.44. The van der Waals surface area contributed by atoms with Crippen LogP contribution in [0.3, 0.4) is 0 Å². The molecule has 1 amide bonds. The van der Waals surface area contributed by atoms with Gasteiger partial charge in [0.1, 0.15) is 0 Å². The molecule has 0 saturated carbocycles. The maximum atomic E-state index is 11.5. The van der Waals surface area contributed by atoms with Gasteiger partial charge >= 0.3 is 17.9 Å². The molecule has 0 saturated heterocycles. The van der Waals surface area contributed by atoms with Crippen molar-refractivity contribution in [3.8, 4) is 0 Å². The normalized spacial score (nSPS) is 9.74. The van der Waals surface area contributed by atoms with Crippen molar-refractivity contribution >= 4 is 23.8 Å². The van der Waals surface area contributed by atoms with Crippen LogP contribution in [0.2, 0.25) is 0 Å². The fourth-order valence-electron chi connectivity index (χ4n) is 1.45. The molecule has 100 valence electrons. The fourth-order valence-corrected chi connectivity index (χ4v) is 1.45. The van der Waals surface area contributed by atoms with Gasteiger partial charge in [-0.1, -0.05) is 0 Å². The summed E-state index contributed by atoms with van der Waals surface area (Å²) in [5, 5.41) is 28.8. The third-order valence-electron chi connectivity index (χ3n) is 2.32. The zero-order valence-corrected chi connectivity index (χ0v) is 9.63. The highest BCUT2D eigenvalue weighted by Gasteiger charge is 2.24. The Morgan fingerprint density at radius 2 is 1.11 bits per heavy atom. The lowest BCUT2D eigenvalue weighted by molar-refractivity contribution is 0.0648. The van der Waals surface area contributed by atoms with Crippen molar-refractivity contribution in [2.45, 2.75) is 0 Å². The van der Waals surface area contributed by atoms with Crippen LogP contribution in [-0.4, -0.2) is 46.2 Å². The van der Waals surface area contributed by atoms with E-state index in [0.29, 0.717) is 6.07 Å². The zero-order chi connectivity index (χ0) is 14.7. The predicted octanol–water partition coefficient (Wildman–Crippen LogP) is 0.141. The first kappa shape index (κ1) is 14.2. The number of hydrogen-bond donors (Lipinski definition) is 4. The lowest BCUT2D eigenvalue weighted by Gasteiger charge is -2.09. The van der Waals surface area contributed by atoms with Crippen molar-refractivity contribution in [1.29, 1.82) is 0 Å². The molecule has 0 aliphatic heterocycles. The SMILES string of the molecule is CNC(=O)c1cc(C(=O)O)c(C(=O)O)cc1C(=O)O. The van der Waals surface area contributed by atoms with Crippen molar-refractivity contribution in [3.05, 3.63) is 34.4 Å². The van der Waals surface area contributed by atoms with Gasteiger partial charge in [0.2, 0.25) is 0 Å². The molecule has 0 heterocycles. The number of nitrogens with one attached hydrogen (secondary N) is 1. The van der Waals surface area contributed by atoms with E-state index < -0.39 is 46.1 Å². The minimum absolute atomic E-state index is 0.419. The van der Waals surface area contributed by atoms with Crippen LogP contribution < -0.4 is 5.32 Å². The van der Waals surface area contributed by atoms with E-state index >= 15 is 0 Å². The second kappa shape index (κ2) is 5.17. The minimum atomic E-state index is -1.59. The lowest BCUT2D eigenvalue weighted by Crippen LogP contribution is -2.23. The zero-order valence-electron chi connectivity index (χ0n) is 9.63. The third-order valence-corrected chi connectivity index (χ3v) is 2.32. The van der Waals surface area contributed by atoms with Gasteiger partial charge in [0.05, 0.1) is 22.3 Å². The van der Waals surface area contributed by atoms with Crippen LogP contribution in [0.5, 0.6) is 0 Å². The smallest absolute Gasteiger partial charge is 0.336 e. The summed E-state index contributed by atoms with van der Waals surface area (Å²) in [6.45, 7) is 0. The van der Waals surface area contributed by atoms with E-state index in [1.165, 1.54) is 7.05 Å². The molecule has 4 N–H and O–H groups in total. The summed E-state index contributed by atoms with van der Waals surface area (Å²) < 4.78 is 0. The standard InChI is InChI=1S/C11H9NO7/c1-12-8(13)4-2-6(10(16)17)7(11(18)19)3-5(4)9(14)15/h2-3H,1H3,(H,12,13)(H,14,15)(H,16,17)(H,18,19). The number of amides is 1. The molecule has 0 spiro atoms. The first-order chi connectivity index (χ1) is 8.79. The minimum Gasteiger partial charge on any atom is -0.478 e. The maximum Gasteiger partial charge on any atom is 0.336 e. The van der Waals surface area contributed by atoms with Gasteiger partial charge in [0.15, 0.2) is 0 Å². The lowest BCUT2D eigenvalue weighted by atomic mass is 9.97. The summed E-state index contributed by atoms with van der Waals surface area (Å²) in [4.78, 5) is 44.3. The largest absolute Gasteiger partial charge is 0.478 e. The maximum absolute atomic E-state index is 11.5. The monoisotopic (exact) mass is 267 g/mol.